The van der Waals surface area contributed by atoms with Crippen molar-refractivity contribution in [2.24, 2.45) is 17.6 Å². The number of carboxylic acid groups (broad SMARTS) is 2. The molecule has 1 unspecified atom stereocenters. The average molecular weight is 367 g/mol. The molecule has 148 valence electrons. The minimum absolute atomic E-state index is 0.0877. The first kappa shape index (κ1) is 22.2. The number of nitrogens with one attached hydrogen (secondary N) is 1. The predicted octanol–water partition coefficient (Wildman–Crippen LogP) is 3.29. The van der Waals surface area contributed by atoms with E-state index in [0.29, 0.717) is 0 Å². The van der Waals surface area contributed by atoms with Crippen molar-refractivity contribution in [1.29, 1.82) is 0 Å². The van der Waals surface area contributed by atoms with Crippen LogP contribution in [-0.4, -0.2) is 34.7 Å². The molecule has 0 bridgehead atoms. The van der Waals surface area contributed by atoms with Crippen LogP contribution in [0.1, 0.15) is 64.7 Å². The van der Waals surface area contributed by atoms with Gasteiger partial charge in [-0.05, 0) is 44.1 Å². The summed E-state index contributed by atoms with van der Waals surface area (Å²) in [6, 6.07) is -0.0877. The number of nitrogens with two attached hydrogens (primary N) is 1. The Morgan fingerprint density at radius 2 is 1.96 bits per heavy atom. The van der Waals surface area contributed by atoms with Crippen LogP contribution in [0, 0.1) is 11.8 Å². The fourth-order valence-electron chi connectivity index (χ4n) is 3.40. The van der Waals surface area contributed by atoms with Gasteiger partial charge in [0.05, 0.1) is 6.42 Å². The third-order valence-electron chi connectivity index (χ3n) is 4.88. The van der Waals surface area contributed by atoms with Gasteiger partial charge in [-0.1, -0.05) is 38.0 Å². The first-order valence-corrected chi connectivity index (χ1v) is 9.70. The van der Waals surface area contributed by atoms with Crippen LogP contribution >= 0.6 is 0 Å². The lowest BCUT2D eigenvalue weighted by molar-refractivity contribution is -0.141. The van der Waals surface area contributed by atoms with Gasteiger partial charge in [-0.25, -0.2) is 0 Å². The van der Waals surface area contributed by atoms with E-state index in [9.17, 15) is 9.59 Å². The molecule has 0 spiro atoms. The van der Waals surface area contributed by atoms with Crippen LogP contribution in [0.15, 0.2) is 23.9 Å². The molecule has 0 aromatic carbocycles. The molecular weight excluding hydrogens is 332 g/mol. The summed E-state index contributed by atoms with van der Waals surface area (Å²) >= 11 is 0. The van der Waals surface area contributed by atoms with Gasteiger partial charge in [-0.3, -0.25) is 9.59 Å². The standard InChI is InChI=1S/C15H21NO4.C5H13N/c17-14(18)8-10-6-11(7-10)13(9-15(19)20)16-12-4-2-1-3-5-12;1-2-3-4-5-6/h1-2,5,10-11,13,16H,3-4,6-9H2,(H,17,18)(H,19,20);2-6H2,1H3. The molecule has 5 N–H and O–H groups in total. The van der Waals surface area contributed by atoms with E-state index in [1.54, 1.807) is 0 Å². The Kier molecular flexibility index (Phi) is 10.7. The summed E-state index contributed by atoms with van der Waals surface area (Å²) in [7, 11) is 0. The van der Waals surface area contributed by atoms with Gasteiger partial charge in [0.25, 0.3) is 0 Å². The highest BCUT2D eigenvalue weighted by atomic mass is 16.4. The van der Waals surface area contributed by atoms with Crippen LogP contribution < -0.4 is 11.1 Å². The third-order valence-corrected chi connectivity index (χ3v) is 4.88. The summed E-state index contributed by atoms with van der Waals surface area (Å²) in [5.41, 5.74) is 6.30. The lowest BCUT2D eigenvalue weighted by Crippen LogP contribution is -2.44. The Balaban J connectivity index is 0.000000487. The second kappa shape index (κ2) is 12.5. The Morgan fingerprint density at radius 1 is 1.23 bits per heavy atom. The molecule has 1 atom stereocenters. The molecule has 0 radical (unpaired) electrons. The SMILES string of the molecule is CCCCCN.O=C(O)CC1CC(C(CC(=O)O)NC2=CCC=CC2)C1. The molecule has 0 aromatic rings. The van der Waals surface area contributed by atoms with Crippen LogP contribution in [0.3, 0.4) is 0 Å². The summed E-state index contributed by atoms with van der Waals surface area (Å²) in [5.74, 6) is -1.11. The minimum Gasteiger partial charge on any atom is -0.481 e. The minimum atomic E-state index is -0.809. The lowest BCUT2D eigenvalue weighted by atomic mass is 9.69. The Morgan fingerprint density at radius 3 is 2.42 bits per heavy atom. The molecule has 0 aromatic heterocycles. The zero-order valence-electron chi connectivity index (χ0n) is 15.8. The molecule has 0 amide bonds. The number of allylic oxidation sites excluding steroid dienone is 3. The van der Waals surface area contributed by atoms with Crippen molar-refractivity contribution in [1.82, 2.24) is 5.32 Å². The summed E-state index contributed by atoms with van der Waals surface area (Å²) in [6.07, 6.45) is 13.6. The predicted molar refractivity (Wildman–Crippen MR) is 103 cm³/mol. The highest BCUT2D eigenvalue weighted by molar-refractivity contribution is 5.68. The van der Waals surface area contributed by atoms with Crippen LogP contribution in [0.4, 0.5) is 0 Å². The largest absolute Gasteiger partial charge is 0.481 e. The van der Waals surface area contributed by atoms with Gasteiger partial charge in [-0.2, -0.15) is 0 Å². The maximum Gasteiger partial charge on any atom is 0.305 e. The maximum absolute atomic E-state index is 11.0. The van der Waals surface area contributed by atoms with Gasteiger partial charge < -0.3 is 21.3 Å². The first-order valence-electron chi connectivity index (χ1n) is 9.70. The van der Waals surface area contributed by atoms with Crippen LogP contribution in [0.25, 0.3) is 0 Å². The van der Waals surface area contributed by atoms with Gasteiger partial charge in [0.1, 0.15) is 0 Å². The Labute approximate surface area is 156 Å². The Hall–Kier alpha value is -1.82. The van der Waals surface area contributed by atoms with E-state index < -0.39 is 11.9 Å². The molecule has 2 aliphatic carbocycles. The van der Waals surface area contributed by atoms with E-state index in [0.717, 1.165) is 37.9 Å². The number of rotatable bonds is 10. The van der Waals surface area contributed by atoms with E-state index in [1.165, 1.54) is 19.3 Å². The van der Waals surface area contributed by atoms with Crippen molar-refractivity contribution in [2.45, 2.75) is 70.8 Å². The van der Waals surface area contributed by atoms with Crippen molar-refractivity contribution in [3.05, 3.63) is 23.9 Å². The topological polar surface area (TPSA) is 113 Å². The van der Waals surface area contributed by atoms with Gasteiger partial charge in [-0.15, -0.1) is 0 Å². The van der Waals surface area contributed by atoms with E-state index >= 15 is 0 Å². The van der Waals surface area contributed by atoms with E-state index in [1.807, 2.05) is 0 Å². The fraction of sp³-hybridized carbons (Fsp3) is 0.700. The summed E-state index contributed by atoms with van der Waals surface area (Å²) in [6.45, 7) is 3.03. The van der Waals surface area contributed by atoms with Crippen molar-refractivity contribution in [3.8, 4) is 0 Å². The zero-order chi connectivity index (χ0) is 19.4. The maximum atomic E-state index is 11.0. The molecule has 0 heterocycles. The summed E-state index contributed by atoms with van der Waals surface area (Å²) in [4.78, 5) is 21.6. The van der Waals surface area contributed by atoms with Crippen LogP contribution in [-0.2, 0) is 9.59 Å². The van der Waals surface area contributed by atoms with Crippen molar-refractivity contribution >= 4 is 11.9 Å². The van der Waals surface area contributed by atoms with E-state index in [2.05, 4.69) is 30.5 Å². The molecule has 2 rings (SSSR count). The second-order valence-electron chi connectivity index (χ2n) is 7.18. The molecule has 6 heteroatoms. The second-order valence-corrected chi connectivity index (χ2v) is 7.18. The molecule has 26 heavy (non-hydrogen) atoms. The molecule has 1 saturated carbocycles. The molecule has 0 aliphatic heterocycles. The third kappa shape index (κ3) is 9.04. The van der Waals surface area contributed by atoms with Gasteiger partial charge >= 0.3 is 11.9 Å². The molecule has 0 saturated heterocycles. The highest BCUT2D eigenvalue weighted by Crippen LogP contribution is 2.39. The molecule has 6 nitrogen and oxygen atoms in total. The number of aliphatic carboxylic acids is 2. The number of carbonyl (C=O) groups is 2. The van der Waals surface area contributed by atoms with E-state index in [-0.39, 0.29) is 30.7 Å². The number of unbranched alkanes of at least 4 members (excludes halogenated alkanes) is 2. The van der Waals surface area contributed by atoms with Gasteiger partial charge in [0.2, 0.25) is 0 Å². The van der Waals surface area contributed by atoms with Crippen molar-refractivity contribution in [2.75, 3.05) is 6.54 Å². The quantitative estimate of drug-likeness (QED) is 0.349. The van der Waals surface area contributed by atoms with Crippen LogP contribution in [0.2, 0.25) is 0 Å². The average Bonchev–Trinajstić information content (AvgIpc) is 2.56. The van der Waals surface area contributed by atoms with Gasteiger partial charge in [0, 0.05) is 24.6 Å². The molecule has 2 aliphatic rings. The Bertz CT molecular complexity index is 492. The first-order chi connectivity index (χ1) is 12.5. The fourth-order valence-corrected chi connectivity index (χ4v) is 3.40. The zero-order valence-corrected chi connectivity index (χ0v) is 15.8. The number of hydrogen-bond acceptors (Lipinski definition) is 4. The molecular formula is C20H34N2O4. The van der Waals surface area contributed by atoms with Crippen molar-refractivity contribution in [3.63, 3.8) is 0 Å². The smallest absolute Gasteiger partial charge is 0.305 e. The normalized spacial score (nSPS) is 22.3. The molecule has 1 fully saturated rings. The summed E-state index contributed by atoms with van der Waals surface area (Å²) < 4.78 is 0. The number of hydrogen-bond donors (Lipinski definition) is 4. The van der Waals surface area contributed by atoms with Crippen LogP contribution in [0.5, 0.6) is 0 Å². The number of carboxylic acids is 2. The monoisotopic (exact) mass is 366 g/mol. The lowest BCUT2D eigenvalue weighted by Gasteiger charge is -2.40. The van der Waals surface area contributed by atoms with E-state index in [4.69, 9.17) is 15.9 Å². The summed E-state index contributed by atoms with van der Waals surface area (Å²) in [5, 5.41) is 21.1. The van der Waals surface area contributed by atoms with Gasteiger partial charge in [0.15, 0.2) is 0 Å². The highest BCUT2D eigenvalue weighted by Gasteiger charge is 2.37. The van der Waals surface area contributed by atoms with Crippen molar-refractivity contribution < 1.29 is 19.8 Å².